The van der Waals surface area contributed by atoms with E-state index in [9.17, 15) is 16.8 Å². The van der Waals surface area contributed by atoms with Crippen molar-refractivity contribution < 1.29 is 16.8 Å². The summed E-state index contributed by atoms with van der Waals surface area (Å²) in [6.45, 7) is 1.84. The van der Waals surface area contributed by atoms with Gasteiger partial charge in [0.15, 0.2) is 0 Å². The third kappa shape index (κ3) is 4.18. The van der Waals surface area contributed by atoms with E-state index in [-0.39, 0.29) is 15.8 Å². The first kappa shape index (κ1) is 16.7. The molecule has 1 unspecified atom stereocenters. The van der Waals surface area contributed by atoms with Gasteiger partial charge < -0.3 is 0 Å². The van der Waals surface area contributed by atoms with Crippen molar-refractivity contribution in [1.82, 2.24) is 4.72 Å². The number of hydrogen-bond acceptors (Lipinski definition) is 4. The summed E-state index contributed by atoms with van der Waals surface area (Å²) in [6.07, 6.45) is 4.27. The largest absolute Gasteiger partial charge is 0.261 e. The third-order valence-electron chi connectivity index (χ3n) is 3.85. The fourth-order valence-corrected chi connectivity index (χ4v) is 4.89. The molecule has 1 fully saturated rings. The van der Waals surface area contributed by atoms with Crippen LogP contribution in [0.5, 0.6) is 0 Å². The molecule has 0 bridgehead atoms. The van der Waals surface area contributed by atoms with Gasteiger partial charge >= 0.3 is 0 Å². The summed E-state index contributed by atoms with van der Waals surface area (Å²) < 4.78 is 49.9. The Morgan fingerprint density at radius 1 is 1.14 bits per heavy atom. The summed E-state index contributed by atoms with van der Waals surface area (Å²) in [4.78, 5) is -0.311. The number of halogens is 1. The SMILES string of the molecule is CC(NS(=O)(=O)c1cccc(S(=O)(=O)Cl)c1)C1CCCC1. The maximum atomic E-state index is 12.3. The Balaban J connectivity index is 2.23. The van der Waals surface area contributed by atoms with Crippen molar-refractivity contribution in [1.29, 1.82) is 0 Å². The van der Waals surface area contributed by atoms with Crippen molar-refractivity contribution in [2.45, 2.75) is 48.4 Å². The van der Waals surface area contributed by atoms with Crippen LogP contribution in [-0.4, -0.2) is 22.9 Å². The van der Waals surface area contributed by atoms with E-state index in [1.165, 1.54) is 18.2 Å². The number of hydrogen-bond donors (Lipinski definition) is 1. The van der Waals surface area contributed by atoms with Gasteiger partial charge in [0.1, 0.15) is 0 Å². The molecule has 0 heterocycles. The molecule has 0 amide bonds. The van der Waals surface area contributed by atoms with Crippen molar-refractivity contribution >= 4 is 29.8 Å². The molecule has 0 saturated heterocycles. The smallest absolute Gasteiger partial charge is 0.208 e. The van der Waals surface area contributed by atoms with Gasteiger partial charge in [-0.25, -0.2) is 21.6 Å². The van der Waals surface area contributed by atoms with Gasteiger partial charge in [-0.05, 0) is 43.9 Å². The highest BCUT2D eigenvalue weighted by Gasteiger charge is 2.26. The zero-order chi connectivity index (χ0) is 15.7. The van der Waals surface area contributed by atoms with Crippen LogP contribution in [0.1, 0.15) is 32.6 Å². The molecule has 2 rings (SSSR count). The average Bonchev–Trinajstić information content (AvgIpc) is 2.91. The van der Waals surface area contributed by atoms with Gasteiger partial charge in [-0.3, -0.25) is 0 Å². The molecule has 118 valence electrons. The van der Waals surface area contributed by atoms with E-state index in [4.69, 9.17) is 10.7 Å². The van der Waals surface area contributed by atoms with Gasteiger partial charge in [0.25, 0.3) is 9.05 Å². The normalized spacial score (nSPS) is 18.8. The molecule has 21 heavy (non-hydrogen) atoms. The Bertz CT molecular complexity index is 709. The Morgan fingerprint density at radius 3 is 2.29 bits per heavy atom. The maximum Gasteiger partial charge on any atom is 0.261 e. The van der Waals surface area contributed by atoms with E-state index >= 15 is 0 Å². The second-order valence-electron chi connectivity index (χ2n) is 5.37. The van der Waals surface area contributed by atoms with E-state index in [1.807, 2.05) is 6.92 Å². The lowest BCUT2D eigenvalue weighted by molar-refractivity contribution is 0.424. The second kappa shape index (κ2) is 6.24. The molecule has 0 spiro atoms. The fraction of sp³-hybridized carbons (Fsp3) is 0.538. The maximum absolute atomic E-state index is 12.3. The molecule has 1 N–H and O–H groups in total. The van der Waals surface area contributed by atoms with Crippen LogP contribution in [0.3, 0.4) is 0 Å². The van der Waals surface area contributed by atoms with Gasteiger partial charge in [-0.15, -0.1) is 0 Å². The second-order valence-corrected chi connectivity index (χ2v) is 9.65. The molecule has 1 aliphatic rings. The first-order valence-electron chi connectivity index (χ1n) is 6.77. The summed E-state index contributed by atoms with van der Waals surface area (Å²) in [6, 6.07) is 4.89. The standard InChI is InChI=1S/C13H18ClNO4S2/c1-10(11-5-2-3-6-11)15-21(18,19)13-8-4-7-12(9-13)20(14,16)17/h4,7-11,15H,2-3,5-6H2,1H3. The van der Waals surface area contributed by atoms with Crippen LogP contribution in [0, 0.1) is 5.92 Å². The van der Waals surface area contributed by atoms with Gasteiger partial charge in [0, 0.05) is 16.7 Å². The zero-order valence-electron chi connectivity index (χ0n) is 11.6. The molecule has 1 saturated carbocycles. The monoisotopic (exact) mass is 351 g/mol. The molecule has 1 aromatic rings. The van der Waals surface area contributed by atoms with Crippen LogP contribution in [0.15, 0.2) is 34.1 Å². The lowest BCUT2D eigenvalue weighted by Crippen LogP contribution is -2.37. The van der Waals surface area contributed by atoms with E-state index in [2.05, 4.69) is 4.72 Å². The topological polar surface area (TPSA) is 80.3 Å². The Kier molecular flexibility index (Phi) is 4.97. The summed E-state index contributed by atoms with van der Waals surface area (Å²) in [5.74, 6) is 0.333. The van der Waals surface area contributed by atoms with E-state index in [0.29, 0.717) is 5.92 Å². The van der Waals surface area contributed by atoms with E-state index in [1.54, 1.807) is 0 Å². The molecule has 8 heteroatoms. The Hall–Kier alpha value is -0.630. The number of benzene rings is 1. The lowest BCUT2D eigenvalue weighted by atomic mass is 10.0. The Morgan fingerprint density at radius 2 is 1.71 bits per heavy atom. The van der Waals surface area contributed by atoms with Crippen LogP contribution < -0.4 is 4.72 Å². The quantitative estimate of drug-likeness (QED) is 0.826. The number of nitrogens with one attached hydrogen (secondary N) is 1. The van der Waals surface area contributed by atoms with Gasteiger partial charge in [0.05, 0.1) is 9.79 Å². The number of sulfonamides is 1. The molecule has 0 aromatic heterocycles. The fourth-order valence-electron chi connectivity index (χ4n) is 2.66. The van der Waals surface area contributed by atoms with Crippen molar-refractivity contribution in [3.63, 3.8) is 0 Å². The average molecular weight is 352 g/mol. The summed E-state index contributed by atoms with van der Waals surface area (Å²) in [7, 11) is -2.46. The van der Waals surface area contributed by atoms with Gasteiger partial charge in [-0.2, -0.15) is 0 Å². The Labute approximate surface area is 130 Å². The van der Waals surface area contributed by atoms with E-state index < -0.39 is 19.1 Å². The first-order valence-corrected chi connectivity index (χ1v) is 10.6. The minimum Gasteiger partial charge on any atom is -0.208 e. The van der Waals surface area contributed by atoms with Crippen LogP contribution >= 0.6 is 10.7 Å². The highest BCUT2D eigenvalue weighted by molar-refractivity contribution is 8.13. The molecule has 1 aliphatic carbocycles. The van der Waals surface area contributed by atoms with Crippen molar-refractivity contribution in [3.8, 4) is 0 Å². The van der Waals surface area contributed by atoms with E-state index in [0.717, 1.165) is 31.7 Å². The zero-order valence-corrected chi connectivity index (χ0v) is 14.0. The predicted molar refractivity (Wildman–Crippen MR) is 81.2 cm³/mol. The highest BCUT2D eigenvalue weighted by atomic mass is 35.7. The predicted octanol–water partition coefficient (Wildman–Crippen LogP) is 2.47. The van der Waals surface area contributed by atoms with Crippen LogP contribution in [-0.2, 0) is 19.1 Å². The van der Waals surface area contributed by atoms with Gasteiger partial charge in [-0.1, -0.05) is 18.9 Å². The van der Waals surface area contributed by atoms with Crippen molar-refractivity contribution in [3.05, 3.63) is 24.3 Å². The number of rotatable bonds is 5. The lowest BCUT2D eigenvalue weighted by Gasteiger charge is -2.20. The molecule has 5 nitrogen and oxygen atoms in total. The molecule has 0 radical (unpaired) electrons. The molecular weight excluding hydrogens is 334 g/mol. The van der Waals surface area contributed by atoms with Crippen molar-refractivity contribution in [2.75, 3.05) is 0 Å². The van der Waals surface area contributed by atoms with Crippen molar-refractivity contribution in [2.24, 2.45) is 5.92 Å². The summed E-state index contributed by atoms with van der Waals surface area (Å²) in [5, 5.41) is 0. The highest BCUT2D eigenvalue weighted by Crippen LogP contribution is 2.28. The first-order chi connectivity index (χ1) is 9.70. The minimum atomic E-state index is -3.95. The minimum absolute atomic E-state index is 0.0888. The van der Waals surface area contributed by atoms with Gasteiger partial charge in [0.2, 0.25) is 10.0 Å². The van der Waals surface area contributed by atoms with Crippen LogP contribution in [0.4, 0.5) is 0 Å². The summed E-state index contributed by atoms with van der Waals surface area (Å²) in [5.41, 5.74) is 0. The third-order valence-corrected chi connectivity index (χ3v) is 6.75. The molecule has 1 aromatic carbocycles. The molecule has 0 aliphatic heterocycles. The summed E-state index contributed by atoms with van der Waals surface area (Å²) >= 11 is 0. The van der Waals surface area contributed by atoms with Crippen LogP contribution in [0.25, 0.3) is 0 Å². The molecule has 1 atom stereocenters. The molecular formula is C13H18ClNO4S2. The van der Waals surface area contributed by atoms with Crippen LogP contribution in [0.2, 0.25) is 0 Å².